The highest BCUT2D eigenvalue weighted by Gasteiger charge is 2.32. The van der Waals surface area contributed by atoms with Gasteiger partial charge in [0.05, 0.1) is 13.2 Å². The number of hydrogen-bond acceptors (Lipinski definition) is 6. The molecule has 1 aliphatic rings. The molecule has 2 aromatic carbocycles. The van der Waals surface area contributed by atoms with Crippen LogP contribution < -0.4 is 20.7 Å². The second kappa shape index (κ2) is 11.9. The second-order valence-corrected chi connectivity index (χ2v) is 9.94. The van der Waals surface area contributed by atoms with Gasteiger partial charge in [-0.05, 0) is 57.0 Å². The molecule has 4 rings (SSSR count). The molecule has 2 atom stereocenters. The Hall–Kier alpha value is -3.56. The molecule has 1 aliphatic heterocycles. The van der Waals surface area contributed by atoms with E-state index < -0.39 is 11.7 Å². The van der Waals surface area contributed by atoms with Gasteiger partial charge in [-0.15, -0.1) is 0 Å². The normalized spacial score (nSPS) is 16.7. The van der Waals surface area contributed by atoms with E-state index in [1.807, 2.05) is 0 Å². The van der Waals surface area contributed by atoms with Crippen molar-refractivity contribution in [2.24, 2.45) is 0 Å². The Morgan fingerprint density at radius 3 is 2.71 bits per heavy atom. The van der Waals surface area contributed by atoms with E-state index in [0.717, 1.165) is 37.8 Å². The summed E-state index contributed by atoms with van der Waals surface area (Å²) >= 11 is 6.13. The monoisotopic (exact) mass is 541 g/mol. The van der Waals surface area contributed by atoms with Gasteiger partial charge in [0.1, 0.15) is 11.3 Å². The number of aromatic carboxylic acids is 1. The summed E-state index contributed by atoms with van der Waals surface area (Å²) in [6.45, 7) is 5.16. The second-order valence-electron chi connectivity index (χ2n) is 9.50. The van der Waals surface area contributed by atoms with Gasteiger partial charge in [-0.2, -0.15) is 0 Å². The molecule has 2 heterocycles. The first kappa shape index (κ1) is 27.5. The Kier molecular flexibility index (Phi) is 8.58. The third kappa shape index (κ3) is 5.79. The van der Waals surface area contributed by atoms with Gasteiger partial charge < -0.3 is 14.6 Å². The molecule has 0 spiro atoms. The van der Waals surface area contributed by atoms with Crippen molar-refractivity contribution in [3.8, 4) is 17.2 Å². The van der Waals surface area contributed by atoms with E-state index in [2.05, 4.69) is 16.8 Å². The largest absolute Gasteiger partial charge is 0.492 e. The zero-order valence-electron chi connectivity index (χ0n) is 21.7. The lowest BCUT2D eigenvalue weighted by molar-refractivity contribution is 0.0693. The molecule has 1 fully saturated rings. The lowest BCUT2D eigenvalue weighted by Crippen LogP contribution is -2.43. The quantitative estimate of drug-likeness (QED) is 0.384. The Morgan fingerprint density at radius 1 is 1.24 bits per heavy atom. The van der Waals surface area contributed by atoms with E-state index in [1.54, 1.807) is 54.1 Å². The van der Waals surface area contributed by atoms with Gasteiger partial charge in [-0.25, -0.2) is 9.59 Å². The predicted molar refractivity (Wildman–Crippen MR) is 145 cm³/mol. The summed E-state index contributed by atoms with van der Waals surface area (Å²) in [6.07, 6.45) is 4.95. The van der Waals surface area contributed by atoms with Crippen molar-refractivity contribution in [2.75, 3.05) is 20.2 Å². The predicted octanol–water partition coefficient (Wildman–Crippen LogP) is 5.18. The van der Waals surface area contributed by atoms with Crippen LogP contribution in [0.25, 0.3) is 0 Å². The van der Waals surface area contributed by atoms with Crippen LogP contribution in [0.15, 0.2) is 52.2 Å². The number of carboxylic acid groups (broad SMARTS) is 1. The van der Waals surface area contributed by atoms with Crippen molar-refractivity contribution < 1.29 is 19.4 Å². The number of nitrogens with zero attached hydrogens (tertiary/aromatic N) is 2. The van der Waals surface area contributed by atoms with Crippen LogP contribution in [0, 0.1) is 6.92 Å². The Balaban J connectivity index is 1.75. The summed E-state index contributed by atoms with van der Waals surface area (Å²) in [4.78, 5) is 41.3. The van der Waals surface area contributed by atoms with Gasteiger partial charge >= 0.3 is 11.7 Å². The van der Waals surface area contributed by atoms with E-state index in [0.29, 0.717) is 28.6 Å². The number of aromatic amines is 1. The van der Waals surface area contributed by atoms with E-state index in [1.165, 1.54) is 7.11 Å². The van der Waals surface area contributed by atoms with Gasteiger partial charge in [0.25, 0.3) is 5.56 Å². The molecule has 3 aromatic rings. The molecule has 1 aromatic heterocycles. The first-order valence-electron chi connectivity index (χ1n) is 12.7. The number of ether oxygens (including phenoxy) is 2. The first-order chi connectivity index (χ1) is 18.2. The number of methoxy groups -OCH3 is 1. The maximum atomic E-state index is 12.6. The standard InChI is InChI=1S/C28H32ClN3O6/c1-4-7-23(31-13-6-9-19(16-31)32-15-17(2)26(33)30-28(32)36)21-11-12-22(27(34)35)25(24(21)37-3)38-20-10-5-8-18(29)14-20/h5,8,10-12,14-15,19,23H,4,6-7,9,13,16H2,1-3H3,(H,34,35)(H,30,33,36)/t19-,23-/m0/s1. The number of benzene rings is 2. The average molecular weight is 542 g/mol. The van der Waals surface area contributed by atoms with Gasteiger partial charge in [0, 0.05) is 34.9 Å². The number of H-pyrrole nitrogens is 1. The molecular formula is C28H32ClN3O6. The number of carbonyl (C=O) groups is 1. The molecule has 0 aliphatic carbocycles. The van der Waals surface area contributed by atoms with Crippen molar-refractivity contribution in [1.29, 1.82) is 0 Å². The summed E-state index contributed by atoms with van der Waals surface area (Å²) in [6, 6.07) is 9.85. The minimum absolute atomic E-state index is 0.0207. The molecule has 2 N–H and O–H groups in total. The Labute approximate surface area is 225 Å². The molecule has 0 saturated carbocycles. The highest BCUT2D eigenvalue weighted by atomic mass is 35.5. The maximum Gasteiger partial charge on any atom is 0.339 e. The van der Waals surface area contributed by atoms with Crippen LogP contribution >= 0.6 is 11.6 Å². The highest BCUT2D eigenvalue weighted by Crippen LogP contribution is 2.44. The van der Waals surface area contributed by atoms with Crippen LogP contribution in [0.4, 0.5) is 0 Å². The molecule has 0 bridgehead atoms. The van der Waals surface area contributed by atoms with Crippen LogP contribution in [-0.2, 0) is 0 Å². The topological polar surface area (TPSA) is 114 Å². The zero-order valence-corrected chi connectivity index (χ0v) is 22.5. The minimum atomic E-state index is -1.13. The van der Waals surface area contributed by atoms with Gasteiger partial charge in [0.15, 0.2) is 11.5 Å². The first-order valence-corrected chi connectivity index (χ1v) is 13.0. The summed E-state index contributed by atoms with van der Waals surface area (Å²) in [5, 5.41) is 10.4. The van der Waals surface area contributed by atoms with Crippen molar-refractivity contribution in [3.63, 3.8) is 0 Å². The highest BCUT2D eigenvalue weighted by molar-refractivity contribution is 6.30. The molecule has 38 heavy (non-hydrogen) atoms. The van der Waals surface area contributed by atoms with Crippen LogP contribution in [-0.4, -0.2) is 45.7 Å². The third-order valence-corrected chi connectivity index (χ3v) is 7.16. The molecule has 1 saturated heterocycles. The van der Waals surface area contributed by atoms with Crippen LogP contribution in [0.2, 0.25) is 5.02 Å². The number of aromatic nitrogens is 2. The van der Waals surface area contributed by atoms with E-state index >= 15 is 0 Å². The van der Waals surface area contributed by atoms with Gasteiger partial charge in [-0.1, -0.05) is 37.1 Å². The molecule has 0 unspecified atom stereocenters. The number of hydrogen-bond donors (Lipinski definition) is 2. The molecule has 10 heteroatoms. The molecule has 0 radical (unpaired) electrons. The third-order valence-electron chi connectivity index (χ3n) is 6.92. The van der Waals surface area contributed by atoms with Crippen LogP contribution in [0.1, 0.15) is 66.2 Å². The number of rotatable bonds is 9. The van der Waals surface area contributed by atoms with Crippen LogP contribution in [0.3, 0.4) is 0 Å². The van der Waals surface area contributed by atoms with Crippen molar-refractivity contribution >= 4 is 17.6 Å². The number of nitrogens with one attached hydrogen (secondary N) is 1. The van der Waals surface area contributed by atoms with Crippen LogP contribution in [0.5, 0.6) is 17.2 Å². The Morgan fingerprint density at radius 2 is 2.03 bits per heavy atom. The Bertz CT molecular complexity index is 1430. The summed E-state index contributed by atoms with van der Waals surface area (Å²) in [5.41, 5.74) is 0.480. The molecule has 9 nitrogen and oxygen atoms in total. The number of aryl methyl sites for hydroxylation is 1. The number of piperidine rings is 1. The number of carboxylic acids is 1. The summed E-state index contributed by atoms with van der Waals surface area (Å²) in [5.74, 6) is -0.275. The maximum absolute atomic E-state index is 12.6. The number of likely N-dealkylation sites (tertiary alicyclic amines) is 1. The average Bonchev–Trinajstić information content (AvgIpc) is 2.89. The van der Waals surface area contributed by atoms with Crippen molar-refractivity contribution in [1.82, 2.24) is 14.5 Å². The fourth-order valence-corrected chi connectivity index (χ4v) is 5.31. The zero-order chi connectivity index (χ0) is 27.4. The van der Waals surface area contributed by atoms with Crippen molar-refractivity contribution in [3.05, 3.63) is 85.1 Å². The van der Waals surface area contributed by atoms with Crippen molar-refractivity contribution in [2.45, 2.75) is 51.6 Å². The van der Waals surface area contributed by atoms with E-state index in [4.69, 9.17) is 21.1 Å². The smallest absolute Gasteiger partial charge is 0.339 e. The SMILES string of the molecule is CCC[C@@H](c1ccc(C(=O)O)c(Oc2cccc(Cl)c2)c1OC)N1CCC[C@H](n2cc(C)c(=O)[nH]c2=O)C1. The number of halogens is 1. The lowest BCUT2D eigenvalue weighted by Gasteiger charge is -2.39. The molecule has 202 valence electrons. The summed E-state index contributed by atoms with van der Waals surface area (Å²) < 4.78 is 13.5. The van der Waals surface area contributed by atoms with E-state index in [-0.39, 0.29) is 29.0 Å². The van der Waals surface area contributed by atoms with Gasteiger partial charge in [0.2, 0.25) is 0 Å². The van der Waals surface area contributed by atoms with Gasteiger partial charge in [-0.3, -0.25) is 19.2 Å². The lowest BCUT2D eigenvalue weighted by atomic mass is 9.94. The van der Waals surface area contributed by atoms with E-state index in [9.17, 15) is 19.5 Å². The molecular weight excluding hydrogens is 510 g/mol. The fourth-order valence-electron chi connectivity index (χ4n) is 5.13. The molecule has 0 amide bonds. The summed E-state index contributed by atoms with van der Waals surface area (Å²) in [7, 11) is 1.50. The fraction of sp³-hybridized carbons (Fsp3) is 0.393. The minimum Gasteiger partial charge on any atom is -0.492 e.